The first-order chi connectivity index (χ1) is 7.31. The third-order valence-corrected chi connectivity index (χ3v) is 2.97. The molecule has 1 N–H and O–H groups in total. The molecule has 4 heteroatoms. The molecule has 15 heavy (non-hydrogen) atoms. The summed E-state index contributed by atoms with van der Waals surface area (Å²) >= 11 is 1.53. The van der Waals surface area contributed by atoms with Gasteiger partial charge in [0, 0.05) is 16.7 Å². The van der Waals surface area contributed by atoms with Gasteiger partial charge in [0.15, 0.2) is 5.43 Å². The lowest BCUT2D eigenvalue weighted by Gasteiger charge is -2.00. The van der Waals surface area contributed by atoms with Crippen molar-refractivity contribution in [1.29, 1.82) is 0 Å². The van der Waals surface area contributed by atoms with E-state index in [9.17, 15) is 4.79 Å². The first-order valence-electron chi connectivity index (χ1n) is 4.56. The van der Waals surface area contributed by atoms with Gasteiger partial charge in [-0.05, 0) is 18.2 Å². The minimum Gasteiger partial charge on any atom is -0.464 e. The molecule has 0 amide bonds. The molecule has 1 aromatic carbocycles. The third kappa shape index (κ3) is 2.22. The number of thioether (sulfide) groups is 1. The van der Waals surface area contributed by atoms with E-state index >= 15 is 0 Å². The first-order valence-corrected chi connectivity index (χ1v) is 5.55. The highest BCUT2D eigenvalue weighted by atomic mass is 32.2. The van der Waals surface area contributed by atoms with Crippen molar-refractivity contribution in [2.75, 3.05) is 12.4 Å². The van der Waals surface area contributed by atoms with Crippen molar-refractivity contribution in [1.82, 2.24) is 0 Å². The Morgan fingerprint density at radius 3 is 3.00 bits per heavy atom. The van der Waals surface area contributed by atoms with Crippen molar-refractivity contribution in [3.63, 3.8) is 0 Å². The van der Waals surface area contributed by atoms with Crippen molar-refractivity contribution in [3.8, 4) is 0 Å². The predicted molar refractivity (Wildman–Crippen MR) is 60.3 cm³/mol. The summed E-state index contributed by atoms with van der Waals surface area (Å²) in [6.45, 7) is 0.140. The third-order valence-electron chi connectivity index (χ3n) is 1.99. The monoisotopic (exact) mass is 222 g/mol. The van der Waals surface area contributed by atoms with Crippen LogP contribution in [0.3, 0.4) is 0 Å². The second-order valence-corrected chi connectivity index (χ2v) is 4.18. The quantitative estimate of drug-likeness (QED) is 0.805. The van der Waals surface area contributed by atoms with E-state index in [1.54, 1.807) is 6.07 Å². The fraction of sp³-hybridized carbons (Fsp3) is 0.182. The van der Waals surface area contributed by atoms with Gasteiger partial charge in [0.1, 0.15) is 5.58 Å². The molecular weight excluding hydrogens is 212 g/mol. The molecular formula is C11H10O3S. The summed E-state index contributed by atoms with van der Waals surface area (Å²) in [6.07, 6.45) is 1.39. The van der Waals surface area contributed by atoms with Crippen molar-refractivity contribution >= 4 is 22.7 Å². The molecule has 0 spiro atoms. The zero-order valence-corrected chi connectivity index (χ0v) is 8.79. The van der Waals surface area contributed by atoms with Gasteiger partial charge in [0.2, 0.25) is 0 Å². The lowest BCUT2D eigenvalue weighted by atomic mass is 10.2. The number of aliphatic hydroxyl groups excluding tert-OH is 1. The summed E-state index contributed by atoms with van der Waals surface area (Å²) in [5.74, 6) is 0.641. The summed E-state index contributed by atoms with van der Waals surface area (Å²) < 4.78 is 5.24. The van der Waals surface area contributed by atoms with Crippen molar-refractivity contribution in [3.05, 3.63) is 40.8 Å². The summed E-state index contributed by atoms with van der Waals surface area (Å²) in [6, 6.07) is 6.83. The van der Waals surface area contributed by atoms with Crippen molar-refractivity contribution in [2.24, 2.45) is 0 Å². The second kappa shape index (κ2) is 4.51. The largest absolute Gasteiger partial charge is 0.464 e. The zero-order valence-electron chi connectivity index (χ0n) is 7.97. The van der Waals surface area contributed by atoms with Gasteiger partial charge >= 0.3 is 0 Å². The van der Waals surface area contributed by atoms with Crippen LogP contribution in [0.1, 0.15) is 0 Å². The molecule has 0 aliphatic carbocycles. The molecule has 1 aromatic heterocycles. The van der Waals surface area contributed by atoms with E-state index in [0.717, 1.165) is 4.90 Å². The maximum atomic E-state index is 11.4. The highest BCUT2D eigenvalue weighted by molar-refractivity contribution is 7.99. The van der Waals surface area contributed by atoms with Gasteiger partial charge < -0.3 is 9.52 Å². The molecule has 0 radical (unpaired) electrons. The smallest absolute Gasteiger partial charge is 0.192 e. The summed E-state index contributed by atoms with van der Waals surface area (Å²) in [5.41, 5.74) is 0.556. The molecule has 0 fully saturated rings. The van der Waals surface area contributed by atoms with Crippen LogP contribution in [-0.2, 0) is 0 Å². The van der Waals surface area contributed by atoms with E-state index in [-0.39, 0.29) is 12.0 Å². The number of hydrogen-bond donors (Lipinski definition) is 1. The van der Waals surface area contributed by atoms with E-state index in [1.165, 1.54) is 24.1 Å². The van der Waals surface area contributed by atoms with E-state index in [4.69, 9.17) is 9.52 Å². The fourth-order valence-corrected chi connectivity index (χ4v) is 2.00. The Morgan fingerprint density at radius 2 is 2.20 bits per heavy atom. The van der Waals surface area contributed by atoms with Gasteiger partial charge in [-0.25, -0.2) is 0 Å². The predicted octanol–water partition coefficient (Wildman–Crippen LogP) is 1.88. The summed E-state index contributed by atoms with van der Waals surface area (Å²) in [4.78, 5) is 12.4. The minimum atomic E-state index is -0.0324. The molecule has 0 saturated heterocycles. The normalized spacial score (nSPS) is 10.7. The van der Waals surface area contributed by atoms with Gasteiger partial charge in [-0.2, -0.15) is 0 Å². The Hall–Kier alpha value is -1.26. The second-order valence-electron chi connectivity index (χ2n) is 3.01. The van der Waals surface area contributed by atoms with E-state index in [1.807, 2.05) is 12.1 Å². The number of benzene rings is 1. The lowest BCUT2D eigenvalue weighted by Crippen LogP contribution is -1.97. The van der Waals surface area contributed by atoms with E-state index < -0.39 is 0 Å². The molecule has 0 saturated carbocycles. The Bertz CT molecular complexity index is 518. The zero-order chi connectivity index (χ0) is 10.7. The molecule has 0 bridgehead atoms. The van der Waals surface area contributed by atoms with Crippen LogP contribution in [0.25, 0.3) is 11.0 Å². The van der Waals surface area contributed by atoms with E-state index in [2.05, 4.69) is 0 Å². The van der Waals surface area contributed by atoms with Crippen LogP contribution in [0.4, 0.5) is 0 Å². The van der Waals surface area contributed by atoms with Crippen LogP contribution in [0, 0.1) is 0 Å². The number of rotatable bonds is 3. The van der Waals surface area contributed by atoms with Gasteiger partial charge in [0.25, 0.3) is 0 Å². The molecule has 2 aromatic rings. The minimum absolute atomic E-state index is 0.0324. The van der Waals surface area contributed by atoms with Gasteiger partial charge in [0.05, 0.1) is 18.3 Å². The highest BCUT2D eigenvalue weighted by Gasteiger charge is 2.01. The Kier molecular flexibility index (Phi) is 3.08. The molecule has 0 aliphatic rings. The molecule has 0 atom stereocenters. The van der Waals surface area contributed by atoms with Gasteiger partial charge in [-0.3, -0.25) is 4.79 Å². The Morgan fingerprint density at radius 1 is 1.33 bits per heavy atom. The topological polar surface area (TPSA) is 50.4 Å². The summed E-state index contributed by atoms with van der Waals surface area (Å²) in [7, 11) is 0. The highest BCUT2D eigenvalue weighted by Crippen LogP contribution is 2.21. The van der Waals surface area contributed by atoms with Crippen molar-refractivity contribution < 1.29 is 9.52 Å². The lowest BCUT2D eigenvalue weighted by molar-refractivity contribution is 0.322. The van der Waals surface area contributed by atoms with Crippen LogP contribution in [0.15, 0.2) is 44.6 Å². The fourth-order valence-electron chi connectivity index (χ4n) is 1.32. The van der Waals surface area contributed by atoms with Crippen LogP contribution < -0.4 is 5.43 Å². The molecule has 2 rings (SSSR count). The Balaban J connectivity index is 2.43. The number of aliphatic hydroxyl groups is 1. The maximum Gasteiger partial charge on any atom is 0.192 e. The molecule has 0 aliphatic heterocycles. The molecule has 3 nitrogen and oxygen atoms in total. The number of hydrogen-bond acceptors (Lipinski definition) is 4. The SMILES string of the molecule is O=c1ccoc2cc(SCCO)ccc12. The summed E-state index contributed by atoms with van der Waals surface area (Å²) in [5, 5.41) is 9.28. The molecule has 1 heterocycles. The van der Waals surface area contributed by atoms with Crippen LogP contribution in [-0.4, -0.2) is 17.5 Å². The molecule has 78 valence electrons. The van der Waals surface area contributed by atoms with Gasteiger partial charge in [-0.15, -0.1) is 11.8 Å². The first kappa shape index (κ1) is 10.3. The Labute approximate surface area is 90.7 Å². The van der Waals surface area contributed by atoms with Gasteiger partial charge in [-0.1, -0.05) is 0 Å². The van der Waals surface area contributed by atoms with Crippen LogP contribution >= 0.6 is 11.8 Å². The standard InChI is InChI=1S/C11H10O3S/c12-4-6-15-8-1-2-9-10(13)3-5-14-11(9)7-8/h1-3,5,7,12H,4,6H2. The van der Waals surface area contributed by atoms with Crippen LogP contribution in [0.2, 0.25) is 0 Å². The van der Waals surface area contributed by atoms with E-state index in [0.29, 0.717) is 16.7 Å². The average molecular weight is 222 g/mol. The van der Waals surface area contributed by atoms with Crippen LogP contribution in [0.5, 0.6) is 0 Å². The van der Waals surface area contributed by atoms with Crippen molar-refractivity contribution in [2.45, 2.75) is 4.90 Å². The molecule has 0 unspecified atom stereocenters. The maximum absolute atomic E-state index is 11.4. The number of fused-ring (bicyclic) bond motifs is 1. The average Bonchev–Trinajstić information content (AvgIpc) is 2.26.